The van der Waals surface area contributed by atoms with E-state index in [4.69, 9.17) is 0 Å². The van der Waals surface area contributed by atoms with E-state index >= 15 is 0 Å². The van der Waals surface area contributed by atoms with Crippen LogP contribution in [0.3, 0.4) is 0 Å². The second kappa shape index (κ2) is 8.20. The van der Waals surface area contributed by atoms with Gasteiger partial charge in [-0.25, -0.2) is 0 Å². The minimum Gasteiger partial charge on any atom is -0.350 e. The predicted octanol–water partition coefficient (Wildman–Crippen LogP) is 2.33. The van der Waals surface area contributed by atoms with E-state index in [1.807, 2.05) is 20.8 Å². The molecule has 2 saturated heterocycles. The van der Waals surface area contributed by atoms with Gasteiger partial charge in [-0.3, -0.25) is 19.2 Å². The molecule has 0 aliphatic carbocycles. The van der Waals surface area contributed by atoms with Crippen LogP contribution in [0.1, 0.15) is 62.6 Å². The maximum atomic E-state index is 12.8. The molecular formula is C20H30F3N5O2. The van der Waals surface area contributed by atoms with Crippen LogP contribution in [0.2, 0.25) is 0 Å². The smallest absolute Gasteiger partial charge is 0.350 e. The molecule has 0 radical (unpaired) electrons. The first-order chi connectivity index (χ1) is 13.8. The van der Waals surface area contributed by atoms with Crippen molar-refractivity contribution in [3.8, 4) is 0 Å². The summed E-state index contributed by atoms with van der Waals surface area (Å²) in [4.78, 5) is 26.9. The van der Waals surface area contributed by atoms with E-state index in [1.54, 1.807) is 0 Å². The van der Waals surface area contributed by atoms with Gasteiger partial charge in [-0.1, -0.05) is 0 Å². The Hall–Kier alpha value is -2.10. The minimum atomic E-state index is -4.58. The molecule has 3 rings (SSSR count). The molecule has 2 bridgehead atoms. The quantitative estimate of drug-likeness (QED) is 0.753. The Kier molecular flexibility index (Phi) is 6.18. The number of halogens is 3. The lowest BCUT2D eigenvalue weighted by atomic mass is 9.90. The molecule has 1 aromatic heterocycles. The molecule has 2 aliphatic heterocycles. The zero-order chi connectivity index (χ0) is 22.3. The number of hydrogen-bond donors (Lipinski definition) is 2. The average molecular weight is 429 g/mol. The maximum absolute atomic E-state index is 12.8. The van der Waals surface area contributed by atoms with Crippen LogP contribution in [-0.2, 0) is 18.0 Å². The van der Waals surface area contributed by atoms with Gasteiger partial charge in [-0.2, -0.15) is 18.3 Å². The molecule has 2 fully saturated rings. The van der Waals surface area contributed by atoms with Crippen molar-refractivity contribution in [1.29, 1.82) is 0 Å². The van der Waals surface area contributed by atoms with Gasteiger partial charge >= 0.3 is 6.18 Å². The van der Waals surface area contributed by atoms with Crippen LogP contribution in [0.25, 0.3) is 0 Å². The number of alkyl halides is 3. The van der Waals surface area contributed by atoms with Crippen LogP contribution >= 0.6 is 0 Å². The Bertz CT molecular complexity index is 785. The van der Waals surface area contributed by atoms with Gasteiger partial charge in [0.2, 0.25) is 5.91 Å². The standard InChI is InChI=1S/C20H30F3N5O2/c1-19(2,3)25-17(29)11-28-13-5-6-14(28)8-12(7-13)10-24-18(30)15-9-16(20(21,22)23)26-27(15)4/h9,12-14H,5-8,10-11H2,1-4H3,(H,24,30)(H,25,29)/t12-,13-,14+. The largest absolute Gasteiger partial charge is 0.435 e. The molecule has 0 spiro atoms. The second-order valence-electron chi connectivity index (χ2n) is 9.44. The molecule has 7 nitrogen and oxygen atoms in total. The number of carbonyl (C=O) groups excluding carboxylic acids is 2. The summed E-state index contributed by atoms with van der Waals surface area (Å²) in [6, 6.07) is 1.37. The molecule has 1 aromatic rings. The third kappa shape index (κ3) is 5.33. The Balaban J connectivity index is 1.53. The SMILES string of the molecule is Cn1nc(C(F)(F)F)cc1C(=O)NC[C@@H]1C[C@H]2CC[C@@H](C1)N2CC(=O)NC(C)(C)C. The van der Waals surface area contributed by atoms with Gasteiger partial charge in [0.05, 0.1) is 6.54 Å². The molecule has 0 aromatic carbocycles. The molecular weight excluding hydrogens is 399 g/mol. The summed E-state index contributed by atoms with van der Waals surface area (Å²) in [5, 5.41) is 9.14. The zero-order valence-corrected chi connectivity index (χ0v) is 17.8. The third-order valence-electron chi connectivity index (χ3n) is 5.78. The Labute approximate surface area is 174 Å². The second-order valence-corrected chi connectivity index (χ2v) is 9.44. The van der Waals surface area contributed by atoms with Gasteiger partial charge in [0.25, 0.3) is 5.91 Å². The van der Waals surface area contributed by atoms with E-state index in [-0.39, 0.29) is 23.1 Å². The Morgan fingerprint density at radius 1 is 1.17 bits per heavy atom. The highest BCUT2D eigenvalue weighted by atomic mass is 19.4. The Morgan fingerprint density at radius 3 is 2.27 bits per heavy atom. The number of carbonyl (C=O) groups is 2. The number of aromatic nitrogens is 2. The number of fused-ring (bicyclic) bond motifs is 2. The molecule has 0 saturated carbocycles. The Morgan fingerprint density at radius 2 is 1.77 bits per heavy atom. The fourth-order valence-electron chi connectivity index (χ4n) is 4.58. The number of amides is 2. The van der Waals surface area contributed by atoms with Crippen molar-refractivity contribution in [3.05, 3.63) is 17.5 Å². The van der Waals surface area contributed by atoms with Gasteiger partial charge < -0.3 is 10.6 Å². The van der Waals surface area contributed by atoms with E-state index in [2.05, 4.69) is 20.6 Å². The zero-order valence-electron chi connectivity index (χ0n) is 17.8. The molecule has 168 valence electrons. The lowest BCUT2D eigenvalue weighted by molar-refractivity contribution is -0.141. The summed E-state index contributed by atoms with van der Waals surface area (Å²) in [5.41, 5.74) is -1.45. The highest BCUT2D eigenvalue weighted by molar-refractivity contribution is 5.92. The van der Waals surface area contributed by atoms with Crippen LogP contribution < -0.4 is 10.6 Å². The first-order valence-corrected chi connectivity index (χ1v) is 10.3. The number of hydrogen-bond acceptors (Lipinski definition) is 4. The van der Waals surface area contributed by atoms with Gasteiger partial charge in [0, 0.05) is 37.3 Å². The summed E-state index contributed by atoms with van der Waals surface area (Å²) < 4.78 is 39.3. The van der Waals surface area contributed by atoms with Crippen LogP contribution in [0.15, 0.2) is 6.07 Å². The van der Waals surface area contributed by atoms with E-state index in [0.717, 1.165) is 36.4 Å². The summed E-state index contributed by atoms with van der Waals surface area (Å²) >= 11 is 0. The number of aryl methyl sites for hydroxylation is 1. The normalized spacial score (nSPS) is 24.7. The molecule has 2 aliphatic rings. The summed E-state index contributed by atoms with van der Waals surface area (Å²) in [6.45, 7) is 6.64. The first-order valence-electron chi connectivity index (χ1n) is 10.3. The summed E-state index contributed by atoms with van der Waals surface area (Å²) in [5.74, 6) is -0.300. The third-order valence-corrected chi connectivity index (χ3v) is 5.78. The fourth-order valence-corrected chi connectivity index (χ4v) is 4.58. The van der Waals surface area contributed by atoms with E-state index in [1.165, 1.54) is 7.05 Å². The number of piperidine rings is 1. The van der Waals surface area contributed by atoms with Crippen LogP contribution in [0.4, 0.5) is 13.2 Å². The topological polar surface area (TPSA) is 79.3 Å². The van der Waals surface area contributed by atoms with E-state index in [0.29, 0.717) is 25.2 Å². The van der Waals surface area contributed by atoms with E-state index < -0.39 is 17.8 Å². The van der Waals surface area contributed by atoms with Crippen molar-refractivity contribution in [2.45, 2.75) is 70.3 Å². The molecule has 30 heavy (non-hydrogen) atoms. The molecule has 2 amide bonds. The van der Waals surface area contributed by atoms with Crippen molar-refractivity contribution >= 4 is 11.8 Å². The molecule has 3 heterocycles. The van der Waals surface area contributed by atoms with Crippen molar-refractivity contribution in [1.82, 2.24) is 25.3 Å². The highest BCUT2D eigenvalue weighted by Crippen LogP contribution is 2.38. The van der Waals surface area contributed by atoms with Gasteiger partial charge in [-0.15, -0.1) is 0 Å². The molecule has 0 unspecified atom stereocenters. The molecule has 3 atom stereocenters. The lowest BCUT2D eigenvalue weighted by Crippen LogP contribution is -2.52. The van der Waals surface area contributed by atoms with Crippen molar-refractivity contribution in [2.24, 2.45) is 13.0 Å². The fraction of sp³-hybridized carbons (Fsp3) is 0.750. The van der Waals surface area contributed by atoms with E-state index in [9.17, 15) is 22.8 Å². The van der Waals surface area contributed by atoms with Crippen molar-refractivity contribution < 1.29 is 22.8 Å². The molecule has 2 N–H and O–H groups in total. The first kappa shape index (κ1) is 22.6. The predicted molar refractivity (Wildman–Crippen MR) is 105 cm³/mol. The minimum absolute atomic E-state index is 0.0165. The highest BCUT2D eigenvalue weighted by Gasteiger charge is 2.41. The number of rotatable bonds is 5. The van der Waals surface area contributed by atoms with Crippen LogP contribution in [0.5, 0.6) is 0 Å². The van der Waals surface area contributed by atoms with Crippen molar-refractivity contribution in [3.63, 3.8) is 0 Å². The van der Waals surface area contributed by atoms with Gasteiger partial charge in [0.15, 0.2) is 5.69 Å². The number of nitrogens with zero attached hydrogens (tertiary/aromatic N) is 3. The summed E-state index contributed by atoms with van der Waals surface area (Å²) in [6.07, 6.45) is -0.817. The molecule has 10 heteroatoms. The van der Waals surface area contributed by atoms with Crippen LogP contribution in [-0.4, -0.2) is 57.2 Å². The average Bonchev–Trinajstić information content (AvgIpc) is 3.08. The summed E-state index contributed by atoms with van der Waals surface area (Å²) in [7, 11) is 1.32. The number of nitrogens with one attached hydrogen (secondary N) is 2. The maximum Gasteiger partial charge on any atom is 0.435 e. The van der Waals surface area contributed by atoms with Crippen LogP contribution in [0, 0.1) is 5.92 Å². The monoisotopic (exact) mass is 429 g/mol. The van der Waals surface area contributed by atoms with Gasteiger partial charge in [0.1, 0.15) is 5.69 Å². The van der Waals surface area contributed by atoms with Crippen molar-refractivity contribution in [2.75, 3.05) is 13.1 Å². The van der Waals surface area contributed by atoms with Gasteiger partial charge in [-0.05, 0) is 52.4 Å². The lowest BCUT2D eigenvalue weighted by Gasteiger charge is -2.39.